The standard InChI is InChI=1S/C13H19NO3/c1-15-13(16-2)11-17-9-8-14-10-12-6-4-3-5-7-12/h3-7,10,13H,8-9,11H2,1-2H3. The Hall–Kier alpha value is -1.23. The van der Waals surface area contributed by atoms with E-state index in [1.807, 2.05) is 36.5 Å². The van der Waals surface area contributed by atoms with Crippen molar-refractivity contribution in [2.75, 3.05) is 34.0 Å². The molecular formula is C13H19NO3. The largest absolute Gasteiger partial charge is 0.374 e. The molecule has 0 radical (unpaired) electrons. The number of nitrogens with zero attached hydrogens (tertiary/aromatic N) is 1. The average Bonchev–Trinajstić information content (AvgIpc) is 2.39. The van der Waals surface area contributed by atoms with Gasteiger partial charge in [0.15, 0.2) is 6.29 Å². The Morgan fingerprint density at radius 1 is 1.18 bits per heavy atom. The van der Waals surface area contributed by atoms with Crippen LogP contribution in [-0.4, -0.2) is 46.5 Å². The van der Waals surface area contributed by atoms with E-state index in [-0.39, 0.29) is 6.29 Å². The highest BCUT2D eigenvalue weighted by atomic mass is 16.7. The minimum absolute atomic E-state index is 0.298. The molecular weight excluding hydrogens is 218 g/mol. The molecule has 0 aromatic heterocycles. The highest BCUT2D eigenvalue weighted by Crippen LogP contribution is 1.94. The van der Waals surface area contributed by atoms with Crippen molar-refractivity contribution in [1.82, 2.24) is 0 Å². The minimum atomic E-state index is -0.298. The third kappa shape index (κ3) is 6.16. The zero-order chi connectivity index (χ0) is 12.3. The molecule has 0 bridgehead atoms. The van der Waals surface area contributed by atoms with Gasteiger partial charge in [-0.3, -0.25) is 4.99 Å². The third-order valence-corrected chi connectivity index (χ3v) is 2.18. The van der Waals surface area contributed by atoms with Crippen LogP contribution in [0.25, 0.3) is 0 Å². The number of hydrogen-bond donors (Lipinski definition) is 0. The molecule has 1 aromatic carbocycles. The van der Waals surface area contributed by atoms with Crippen molar-refractivity contribution >= 4 is 6.21 Å². The van der Waals surface area contributed by atoms with Crippen LogP contribution in [0.15, 0.2) is 35.3 Å². The average molecular weight is 237 g/mol. The first-order valence-electron chi connectivity index (χ1n) is 5.55. The van der Waals surface area contributed by atoms with Gasteiger partial charge in [0, 0.05) is 20.4 Å². The highest BCUT2D eigenvalue weighted by Gasteiger charge is 2.03. The lowest BCUT2D eigenvalue weighted by atomic mass is 10.2. The Morgan fingerprint density at radius 2 is 1.88 bits per heavy atom. The summed E-state index contributed by atoms with van der Waals surface area (Å²) in [6.45, 7) is 1.62. The molecule has 0 atom stereocenters. The van der Waals surface area contributed by atoms with E-state index in [2.05, 4.69) is 4.99 Å². The molecule has 0 aliphatic heterocycles. The van der Waals surface area contributed by atoms with E-state index in [1.165, 1.54) is 0 Å². The Kier molecular flexibility index (Phi) is 7.22. The summed E-state index contributed by atoms with van der Waals surface area (Å²) >= 11 is 0. The Balaban J connectivity index is 2.10. The van der Waals surface area contributed by atoms with Gasteiger partial charge < -0.3 is 14.2 Å². The monoisotopic (exact) mass is 237 g/mol. The van der Waals surface area contributed by atoms with Gasteiger partial charge >= 0.3 is 0 Å². The van der Waals surface area contributed by atoms with Gasteiger partial charge in [0.1, 0.15) is 0 Å². The van der Waals surface area contributed by atoms with Gasteiger partial charge in [-0.05, 0) is 5.56 Å². The van der Waals surface area contributed by atoms with Gasteiger partial charge in [-0.15, -0.1) is 0 Å². The maximum atomic E-state index is 5.35. The number of hydrogen-bond acceptors (Lipinski definition) is 4. The second-order valence-corrected chi connectivity index (χ2v) is 3.42. The van der Waals surface area contributed by atoms with E-state index < -0.39 is 0 Å². The zero-order valence-corrected chi connectivity index (χ0v) is 10.3. The molecule has 0 saturated heterocycles. The molecule has 17 heavy (non-hydrogen) atoms. The smallest absolute Gasteiger partial charge is 0.180 e. The van der Waals surface area contributed by atoms with Crippen LogP contribution in [0.5, 0.6) is 0 Å². The fourth-order valence-corrected chi connectivity index (χ4v) is 1.24. The van der Waals surface area contributed by atoms with E-state index in [1.54, 1.807) is 14.2 Å². The first-order valence-corrected chi connectivity index (χ1v) is 5.55. The molecule has 1 rings (SSSR count). The Morgan fingerprint density at radius 3 is 2.53 bits per heavy atom. The van der Waals surface area contributed by atoms with Crippen molar-refractivity contribution in [2.45, 2.75) is 6.29 Å². The molecule has 0 heterocycles. The number of ether oxygens (including phenoxy) is 3. The molecule has 1 aromatic rings. The van der Waals surface area contributed by atoms with Gasteiger partial charge in [-0.25, -0.2) is 0 Å². The summed E-state index contributed by atoms with van der Waals surface area (Å²) in [4.78, 5) is 4.26. The van der Waals surface area contributed by atoms with Gasteiger partial charge in [-0.2, -0.15) is 0 Å². The molecule has 0 N–H and O–H groups in total. The second-order valence-electron chi connectivity index (χ2n) is 3.42. The number of rotatable bonds is 8. The van der Waals surface area contributed by atoms with Crippen molar-refractivity contribution < 1.29 is 14.2 Å². The van der Waals surface area contributed by atoms with Crippen LogP contribution in [0.2, 0.25) is 0 Å². The van der Waals surface area contributed by atoms with E-state index in [0.29, 0.717) is 19.8 Å². The summed E-state index contributed by atoms with van der Waals surface area (Å²) in [6.07, 6.45) is 1.54. The SMILES string of the molecule is COC(COCCN=Cc1ccccc1)OC. The minimum Gasteiger partial charge on any atom is -0.374 e. The molecule has 0 unspecified atom stereocenters. The second kappa shape index (κ2) is 8.87. The van der Waals surface area contributed by atoms with E-state index in [0.717, 1.165) is 5.56 Å². The summed E-state index contributed by atoms with van der Waals surface area (Å²) in [5.74, 6) is 0. The lowest BCUT2D eigenvalue weighted by Crippen LogP contribution is -2.20. The van der Waals surface area contributed by atoms with Gasteiger partial charge in [0.05, 0.1) is 19.8 Å². The molecule has 0 saturated carbocycles. The van der Waals surface area contributed by atoms with Crippen molar-refractivity contribution in [3.8, 4) is 0 Å². The predicted octanol–water partition coefficient (Wildman–Crippen LogP) is 1.74. The van der Waals surface area contributed by atoms with Crippen LogP contribution < -0.4 is 0 Å². The predicted molar refractivity (Wildman–Crippen MR) is 67.5 cm³/mol. The fraction of sp³-hybridized carbons (Fsp3) is 0.462. The maximum absolute atomic E-state index is 5.35. The molecule has 0 fully saturated rings. The Labute approximate surface area is 102 Å². The van der Waals surface area contributed by atoms with Crippen LogP contribution in [0.1, 0.15) is 5.56 Å². The summed E-state index contributed by atoms with van der Waals surface area (Å²) in [7, 11) is 3.18. The Bertz CT molecular complexity index is 310. The normalized spacial score (nSPS) is 11.5. The lowest BCUT2D eigenvalue weighted by molar-refractivity contribution is -0.139. The maximum Gasteiger partial charge on any atom is 0.180 e. The van der Waals surface area contributed by atoms with E-state index in [4.69, 9.17) is 14.2 Å². The molecule has 4 heteroatoms. The molecule has 0 amide bonds. The zero-order valence-electron chi connectivity index (χ0n) is 10.3. The van der Waals surface area contributed by atoms with Crippen molar-refractivity contribution in [2.24, 2.45) is 4.99 Å². The molecule has 0 spiro atoms. The number of benzene rings is 1. The van der Waals surface area contributed by atoms with Gasteiger partial charge in [0.2, 0.25) is 0 Å². The van der Waals surface area contributed by atoms with Crippen LogP contribution in [0.4, 0.5) is 0 Å². The van der Waals surface area contributed by atoms with Crippen molar-refractivity contribution in [3.05, 3.63) is 35.9 Å². The van der Waals surface area contributed by atoms with Crippen molar-refractivity contribution in [3.63, 3.8) is 0 Å². The first kappa shape index (κ1) is 13.8. The van der Waals surface area contributed by atoms with Gasteiger partial charge in [0.25, 0.3) is 0 Å². The summed E-state index contributed by atoms with van der Waals surface area (Å²) in [5.41, 5.74) is 1.10. The van der Waals surface area contributed by atoms with Crippen LogP contribution in [0, 0.1) is 0 Å². The first-order chi connectivity index (χ1) is 8.36. The third-order valence-electron chi connectivity index (χ3n) is 2.18. The summed E-state index contributed by atoms with van der Waals surface area (Å²) in [6, 6.07) is 9.97. The topological polar surface area (TPSA) is 40.0 Å². The highest BCUT2D eigenvalue weighted by molar-refractivity contribution is 5.79. The van der Waals surface area contributed by atoms with E-state index in [9.17, 15) is 0 Å². The van der Waals surface area contributed by atoms with Crippen LogP contribution in [0.3, 0.4) is 0 Å². The number of methoxy groups -OCH3 is 2. The van der Waals surface area contributed by atoms with Crippen molar-refractivity contribution in [1.29, 1.82) is 0 Å². The molecule has 94 valence electrons. The van der Waals surface area contributed by atoms with Gasteiger partial charge in [-0.1, -0.05) is 30.3 Å². The molecule has 0 aliphatic carbocycles. The number of aliphatic imine (C=N–C) groups is 1. The lowest BCUT2D eigenvalue weighted by Gasteiger charge is -2.12. The quantitative estimate of drug-likeness (QED) is 0.393. The molecule has 0 aliphatic rings. The summed E-state index contributed by atoms with van der Waals surface area (Å²) in [5, 5.41) is 0. The van der Waals surface area contributed by atoms with E-state index >= 15 is 0 Å². The molecule has 4 nitrogen and oxygen atoms in total. The summed E-state index contributed by atoms with van der Waals surface area (Å²) < 4.78 is 15.3. The van der Waals surface area contributed by atoms with Crippen LogP contribution >= 0.6 is 0 Å². The fourth-order valence-electron chi connectivity index (χ4n) is 1.24. The van der Waals surface area contributed by atoms with Crippen LogP contribution in [-0.2, 0) is 14.2 Å².